The van der Waals surface area contributed by atoms with Crippen LogP contribution in [0.4, 0.5) is 4.39 Å². The van der Waals surface area contributed by atoms with Gasteiger partial charge in [-0.05, 0) is 31.0 Å². The fourth-order valence-corrected chi connectivity index (χ4v) is 2.33. The SMILES string of the molecule is C=CCCOC(C)C(=O)NC(COc1ccccc1F)c1ccccc1. The summed E-state index contributed by atoms with van der Waals surface area (Å²) in [5.74, 6) is -0.537. The molecule has 0 aromatic heterocycles. The second-order valence-electron chi connectivity index (χ2n) is 5.80. The second-order valence-corrected chi connectivity index (χ2v) is 5.80. The number of para-hydroxylation sites is 1. The smallest absolute Gasteiger partial charge is 0.249 e. The van der Waals surface area contributed by atoms with Gasteiger partial charge in [-0.2, -0.15) is 0 Å². The zero-order valence-electron chi connectivity index (χ0n) is 14.9. The second kappa shape index (κ2) is 10.4. The maximum Gasteiger partial charge on any atom is 0.249 e. The van der Waals surface area contributed by atoms with Gasteiger partial charge < -0.3 is 14.8 Å². The summed E-state index contributed by atoms with van der Waals surface area (Å²) in [4.78, 5) is 12.4. The standard InChI is InChI=1S/C21H24FNO3/c1-3-4-14-25-16(2)21(24)23-19(17-10-6-5-7-11-17)15-26-20-13-9-8-12-18(20)22/h3,5-13,16,19H,1,4,14-15H2,2H3,(H,23,24). The van der Waals surface area contributed by atoms with Gasteiger partial charge in [-0.3, -0.25) is 4.79 Å². The topological polar surface area (TPSA) is 47.6 Å². The third-order valence-corrected chi connectivity index (χ3v) is 3.82. The van der Waals surface area contributed by atoms with Crippen LogP contribution in [-0.4, -0.2) is 25.2 Å². The molecular formula is C21H24FNO3. The highest BCUT2D eigenvalue weighted by Gasteiger charge is 2.20. The molecule has 0 bridgehead atoms. The predicted octanol–water partition coefficient (Wildman–Crippen LogP) is 4.04. The average molecular weight is 357 g/mol. The summed E-state index contributed by atoms with van der Waals surface area (Å²) in [5.41, 5.74) is 0.871. The Morgan fingerprint density at radius 1 is 1.19 bits per heavy atom. The summed E-state index contributed by atoms with van der Waals surface area (Å²) in [7, 11) is 0. The maximum atomic E-state index is 13.8. The Morgan fingerprint density at radius 2 is 1.88 bits per heavy atom. The van der Waals surface area contributed by atoms with Gasteiger partial charge in [-0.1, -0.05) is 48.5 Å². The van der Waals surface area contributed by atoms with Gasteiger partial charge in [0.15, 0.2) is 11.6 Å². The first-order chi connectivity index (χ1) is 12.6. The van der Waals surface area contributed by atoms with Crippen LogP contribution in [0.1, 0.15) is 24.9 Å². The lowest BCUT2D eigenvalue weighted by Crippen LogP contribution is -2.39. The number of carbonyl (C=O) groups excluding carboxylic acids is 1. The molecule has 1 N–H and O–H groups in total. The maximum absolute atomic E-state index is 13.8. The number of hydrogen-bond donors (Lipinski definition) is 1. The van der Waals surface area contributed by atoms with E-state index in [2.05, 4.69) is 11.9 Å². The number of benzene rings is 2. The van der Waals surface area contributed by atoms with Crippen LogP contribution in [0.5, 0.6) is 5.75 Å². The molecule has 0 fully saturated rings. The quantitative estimate of drug-likeness (QED) is 0.516. The molecule has 0 radical (unpaired) electrons. The van der Waals surface area contributed by atoms with E-state index >= 15 is 0 Å². The van der Waals surface area contributed by atoms with Crippen LogP contribution in [0.3, 0.4) is 0 Å². The molecule has 5 heteroatoms. The third kappa shape index (κ3) is 6.01. The summed E-state index contributed by atoms with van der Waals surface area (Å²) in [6.07, 6.45) is 1.81. The van der Waals surface area contributed by atoms with Crippen molar-refractivity contribution in [1.82, 2.24) is 5.32 Å². The minimum absolute atomic E-state index is 0.107. The van der Waals surface area contributed by atoms with Gasteiger partial charge in [0.05, 0.1) is 12.6 Å². The summed E-state index contributed by atoms with van der Waals surface area (Å²) in [5, 5.41) is 2.91. The number of carbonyl (C=O) groups is 1. The lowest BCUT2D eigenvalue weighted by Gasteiger charge is -2.22. The molecule has 4 nitrogen and oxygen atoms in total. The Balaban J connectivity index is 2.03. The van der Waals surface area contributed by atoms with Crippen molar-refractivity contribution in [2.75, 3.05) is 13.2 Å². The van der Waals surface area contributed by atoms with E-state index in [0.29, 0.717) is 13.0 Å². The third-order valence-electron chi connectivity index (χ3n) is 3.82. The Bertz CT molecular complexity index is 705. The van der Waals surface area contributed by atoms with Crippen LogP contribution >= 0.6 is 0 Å². The van der Waals surface area contributed by atoms with Crippen molar-refractivity contribution in [2.24, 2.45) is 0 Å². The number of ether oxygens (including phenoxy) is 2. The normalized spacial score (nSPS) is 12.8. The van der Waals surface area contributed by atoms with Crippen molar-refractivity contribution >= 4 is 5.91 Å². The molecule has 2 atom stereocenters. The zero-order chi connectivity index (χ0) is 18.8. The van der Waals surface area contributed by atoms with Crippen molar-refractivity contribution < 1.29 is 18.7 Å². The van der Waals surface area contributed by atoms with E-state index in [-0.39, 0.29) is 18.3 Å². The lowest BCUT2D eigenvalue weighted by molar-refractivity contribution is -0.132. The molecule has 0 spiro atoms. The van der Waals surface area contributed by atoms with Crippen molar-refractivity contribution in [2.45, 2.75) is 25.5 Å². The number of hydrogen-bond acceptors (Lipinski definition) is 3. The van der Waals surface area contributed by atoms with E-state index in [1.807, 2.05) is 30.3 Å². The van der Waals surface area contributed by atoms with E-state index in [0.717, 1.165) is 5.56 Å². The zero-order valence-corrected chi connectivity index (χ0v) is 14.9. The minimum Gasteiger partial charge on any atom is -0.488 e. The van der Waals surface area contributed by atoms with Crippen LogP contribution in [0.25, 0.3) is 0 Å². The molecule has 0 aliphatic heterocycles. The Hall–Kier alpha value is -2.66. The van der Waals surface area contributed by atoms with Crippen molar-refractivity contribution in [3.8, 4) is 5.75 Å². The molecule has 0 saturated heterocycles. The molecule has 2 aromatic carbocycles. The molecule has 0 heterocycles. The van der Waals surface area contributed by atoms with E-state index < -0.39 is 18.0 Å². The van der Waals surface area contributed by atoms with Gasteiger partial charge in [0.25, 0.3) is 0 Å². The van der Waals surface area contributed by atoms with Crippen LogP contribution in [0.2, 0.25) is 0 Å². The van der Waals surface area contributed by atoms with Gasteiger partial charge >= 0.3 is 0 Å². The highest BCUT2D eigenvalue weighted by molar-refractivity contribution is 5.80. The van der Waals surface area contributed by atoms with Gasteiger partial charge in [0, 0.05) is 0 Å². The van der Waals surface area contributed by atoms with Gasteiger partial charge in [0.1, 0.15) is 12.7 Å². The lowest BCUT2D eigenvalue weighted by atomic mass is 10.1. The van der Waals surface area contributed by atoms with Crippen LogP contribution in [-0.2, 0) is 9.53 Å². The Morgan fingerprint density at radius 3 is 2.58 bits per heavy atom. The number of nitrogens with one attached hydrogen (secondary N) is 1. The van der Waals surface area contributed by atoms with Crippen molar-refractivity contribution in [3.05, 3.63) is 78.6 Å². The summed E-state index contributed by atoms with van der Waals surface area (Å²) in [6.45, 7) is 5.85. The number of halogens is 1. The molecule has 0 saturated carbocycles. The molecular weight excluding hydrogens is 333 g/mol. The molecule has 138 valence electrons. The van der Waals surface area contributed by atoms with Gasteiger partial charge in [-0.15, -0.1) is 6.58 Å². The van der Waals surface area contributed by atoms with Gasteiger partial charge in [-0.25, -0.2) is 4.39 Å². The van der Waals surface area contributed by atoms with Crippen LogP contribution in [0.15, 0.2) is 67.3 Å². The molecule has 2 aromatic rings. The molecule has 1 amide bonds. The summed E-state index contributed by atoms with van der Waals surface area (Å²) < 4.78 is 24.8. The van der Waals surface area contributed by atoms with Crippen molar-refractivity contribution in [3.63, 3.8) is 0 Å². The monoisotopic (exact) mass is 357 g/mol. The van der Waals surface area contributed by atoms with E-state index in [1.165, 1.54) is 6.07 Å². The average Bonchev–Trinajstić information content (AvgIpc) is 2.67. The van der Waals surface area contributed by atoms with Crippen molar-refractivity contribution in [1.29, 1.82) is 0 Å². The summed E-state index contributed by atoms with van der Waals surface area (Å²) in [6, 6.07) is 15.2. The van der Waals surface area contributed by atoms with E-state index in [9.17, 15) is 9.18 Å². The summed E-state index contributed by atoms with van der Waals surface area (Å²) >= 11 is 0. The van der Waals surface area contributed by atoms with Crippen LogP contribution < -0.4 is 10.1 Å². The predicted molar refractivity (Wildman–Crippen MR) is 99.4 cm³/mol. The van der Waals surface area contributed by atoms with E-state index in [1.54, 1.807) is 31.2 Å². The highest BCUT2D eigenvalue weighted by Crippen LogP contribution is 2.19. The fourth-order valence-electron chi connectivity index (χ4n) is 2.33. The first-order valence-corrected chi connectivity index (χ1v) is 8.57. The Labute approximate surface area is 153 Å². The first-order valence-electron chi connectivity index (χ1n) is 8.57. The van der Waals surface area contributed by atoms with Gasteiger partial charge in [0.2, 0.25) is 5.91 Å². The fraction of sp³-hybridized carbons (Fsp3) is 0.286. The molecule has 0 aliphatic carbocycles. The number of amides is 1. The molecule has 26 heavy (non-hydrogen) atoms. The number of rotatable bonds is 10. The molecule has 2 unspecified atom stereocenters. The first kappa shape index (κ1) is 19.7. The molecule has 2 rings (SSSR count). The minimum atomic E-state index is -0.602. The van der Waals surface area contributed by atoms with E-state index in [4.69, 9.17) is 9.47 Å². The largest absolute Gasteiger partial charge is 0.488 e. The highest BCUT2D eigenvalue weighted by atomic mass is 19.1. The van der Waals surface area contributed by atoms with Crippen LogP contribution in [0, 0.1) is 5.82 Å². The molecule has 0 aliphatic rings. The Kier molecular flexibility index (Phi) is 7.83.